The lowest BCUT2D eigenvalue weighted by Crippen LogP contribution is -2.21. The van der Waals surface area contributed by atoms with E-state index >= 15 is 0 Å². The average Bonchev–Trinajstić information content (AvgIpc) is 3.11. The van der Waals surface area contributed by atoms with Crippen molar-refractivity contribution in [1.82, 2.24) is 19.4 Å². The van der Waals surface area contributed by atoms with Gasteiger partial charge in [0.2, 0.25) is 0 Å². The number of hydrogen-bond acceptors (Lipinski definition) is 4. The van der Waals surface area contributed by atoms with Crippen molar-refractivity contribution in [3.8, 4) is 0 Å². The van der Waals surface area contributed by atoms with Gasteiger partial charge < -0.3 is 9.47 Å². The molecular weight excluding hydrogens is 292 g/mol. The molecule has 0 saturated carbocycles. The molecule has 2 atom stereocenters. The molecule has 2 aliphatic heterocycles. The van der Waals surface area contributed by atoms with Crippen molar-refractivity contribution in [2.75, 3.05) is 31.6 Å². The minimum Gasteiger partial charge on any atom is -0.308 e. The fourth-order valence-corrected chi connectivity index (χ4v) is 5.01. The third-order valence-electron chi connectivity index (χ3n) is 4.98. The minimum atomic E-state index is 0.538. The van der Waals surface area contributed by atoms with Crippen LogP contribution in [0.3, 0.4) is 0 Å². The summed E-state index contributed by atoms with van der Waals surface area (Å²) in [5.74, 6) is 4.68. The van der Waals surface area contributed by atoms with Gasteiger partial charge in [0.05, 0.1) is 6.04 Å². The zero-order valence-corrected chi connectivity index (χ0v) is 14.1. The Bertz CT molecular complexity index is 647. The van der Waals surface area contributed by atoms with Crippen LogP contribution in [0.2, 0.25) is 0 Å². The van der Waals surface area contributed by atoms with Gasteiger partial charge in [0, 0.05) is 19.2 Å². The second-order valence-corrected chi connectivity index (χ2v) is 7.89. The summed E-state index contributed by atoms with van der Waals surface area (Å²) in [5, 5.41) is 0. The van der Waals surface area contributed by atoms with Crippen LogP contribution in [0.4, 0.5) is 0 Å². The fourth-order valence-electron chi connectivity index (χ4n) is 3.85. The number of rotatable bonds is 3. The Hall–Kier alpha value is -1.07. The first kappa shape index (κ1) is 14.5. The van der Waals surface area contributed by atoms with E-state index < -0.39 is 0 Å². The number of pyridine rings is 1. The fraction of sp³-hybridized carbons (Fsp3) is 0.647. The van der Waals surface area contributed by atoms with Gasteiger partial charge >= 0.3 is 0 Å². The lowest BCUT2D eigenvalue weighted by atomic mass is 10.0. The number of nitrogens with zero attached hydrogens (tertiary/aromatic N) is 4. The molecular formula is C17H24N4S. The van der Waals surface area contributed by atoms with Crippen LogP contribution >= 0.6 is 11.8 Å². The van der Waals surface area contributed by atoms with E-state index in [1.165, 1.54) is 43.1 Å². The Morgan fingerprint density at radius 2 is 2.32 bits per heavy atom. The molecule has 0 amide bonds. The van der Waals surface area contributed by atoms with Crippen LogP contribution in [0.5, 0.6) is 0 Å². The summed E-state index contributed by atoms with van der Waals surface area (Å²) in [7, 11) is 2.21. The van der Waals surface area contributed by atoms with Crippen molar-refractivity contribution in [3.63, 3.8) is 0 Å². The molecule has 5 heteroatoms. The van der Waals surface area contributed by atoms with Crippen LogP contribution < -0.4 is 0 Å². The SMILES string of the molecule is CN1CCC(n2c(CC3CCCSC3)nc3cccnc32)C1. The van der Waals surface area contributed by atoms with Gasteiger partial charge in [0.15, 0.2) is 5.65 Å². The summed E-state index contributed by atoms with van der Waals surface area (Å²) in [6.07, 6.45) is 6.95. The Morgan fingerprint density at radius 3 is 3.09 bits per heavy atom. The number of likely N-dealkylation sites (N-methyl/N-ethyl adjacent to an activating group) is 1. The quantitative estimate of drug-likeness (QED) is 0.872. The summed E-state index contributed by atoms with van der Waals surface area (Å²) in [6, 6.07) is 4.65. The lowest BCUT2D eigenvalue weighted by Gasteiger charge is -2.23. The lowest BCUT2D eigenvalue weighted by molar-refractivity contribution is 0.388. The van der Waals surface area contributed by atoms with Crippen molar-refractivity contribution in [3.05, 3.63) is 24.2 Å². The van der Waals surface area contributed by atoms with Gasteiger partial charge in [-0.05, 0) is 62.4 Å². The Labute approximate surface area is 136 Å². The van der Waals surface area contributed by atoms with Crippen molar-refractivity contribution in [1.29, 1.82) is 0 Å². The van der Waals surface area contributed by atoms with Gasteiger partial charge in [-0.25, -0.2) is 9.97 Å². The number of likely N-dealkylation sites (tertiary alicyclic amines) is 1. The maximum absolute atomic E-state index is 4.95. The van der Waals surface area contributed by atoms with E-state index in [1.807, 2.05) is 12.3 Å². The van der Waals surface area contributed by atoms with Crippen LogP contribution in [-0.4, -0.2) is 51.1 Å². The monoisotopic (exact) mass is 316 g/mol. The molecule has 0 aliphatic carbocycles. The zero-order valence-electron chi connectivity index (χ0n) is 13.2. The van der Waals surface area contributed by atoms with Gasteiger partial charge in [0.25, 0.3) is 0 Å². The van der Waals surface area contributed by atoms with Crippen molar-refractivity contribution < 1.29 is 0 Å². The summed E-state index contributed by atoms with van der Waals surface area (Å²) in [4.78, 5) is 12.0. The van der Waals surface area contributed by atoms with E-state index in [0.29, 0.717) is 6.04 Å². The highest BCUT2D eigenvalue weighted by molar-refractivity contribution is 7.99. The molecule has 4 rings (SSSR count). The third-order valence-corrected chi connectivity index (χ3v) is 6.26. The summed E-state index contributed by atoms with van der Waals surface area (Å²) in [6.45, 7) is 2.30. The summed E-state index contributed by atoms with van der Waals surface area (Å²) in [5.41, 5.74) is 2.15. The molecule has 22 heavy (non-hydrogen) atoms. The van der Waals surface area contributed by atoms with Crippen LogP contribution in [-0.2, 0) is 6.42 Å². The van der Waals surface area contributed by atoms with E-state index in [2.05, 4.69) is 39.3 Å². The second kappa shape index (κ2) is 6.20. The highest BCUT2D eigenvalue weighted by atomic mass is 32.2. The summed E-state index contributed by atoms with van der Waals surface area (Å²) < 4.78 is 2.46. The molecule has 118 valence electrons. The van der Waals surface area contributed by atoms with E-state index in [0.717, 1.165) is 30.0 Å². The first-order chi connectivity index (χ1) is 10.8. The molecule has 2 aromatic rings. The van der Waals surface area contributed by atoms with Crippen molar-refractivity contribution >= 4 is 22.9 Å². The van der Waals surface area contributed by atoms with E-state index in [9.17, 15) is 0 Å². The first-order valence-corrected chi connectivity index (χ1v) is 9.55. The van der Waals surface area contributed by atoms with Gasteiger partial charge in [-0.3, -0.25) is 0 Å². The van der Waals surface area contributed by atoms with E-state index in [-0.39, 0.29) is 0 Å². The molecule has 0 N–H and O–H groups in total. The zero-order chi connectivity index (χ0) is 14.9. The normalized spacial score (nSPS) is 26.8. The van der Waals surface area contributed by atoms with Crippen LogP contribution in [0.25, 0.3) is 11.2 Å². The molecule has 0 spiro atoms. The standard InChI is InChI=1S/C17H24N4S/c1-20-8-6-14(11-20)21-16(10-13-4-3-9-22-12-13)19-15-5-2-7-18-17(15)21/h2,5,7,13-14H,3-4,6,8-12H2,1H3. The Balaban J connectivity index is 1.69. The first-order valence-electron chi connectivity index (χ1n) is 8.39. The molecule has 2 unspecified atom stereocenters. The van der Waals surface area contributed by atoms with Gasteiger partial charge in [-0.1, -0.05) is 0 Å². The molecule has 2 aromatic heterocycles. The maximum Gasteiger partial charge on any atom is 0.160 e. The minimum absolute atomic E-state index is 0.538. The highest BCUT2D eigenvalue weighted by Crippen LogP contribution is 2.30. The number of aromatic nitrogens is 3. The number of imidazole rings is 1. The molecule has 0 aromatic carbocycles. The van der Waals surface area contributed by atoms with Crippen LogP contribution in [0.15, 0.2) is 18.3 Å². The van der Waals surface area contributed by atoms with Crippen molar-refractivity contribution in [2.24, 2.45) is 5.92 Å². The molecule has 0 radical (unpaired) electrons. The Kier molecular flexibility index (Phi) is 4.09. The number of fused-ring (bicyclic) bond motifs is 1. The highest BCUT2D eigenvalue weighted by Gasteiger charge is 2.27. The predicted molar refractivity (Wildman–Crippen MR) is 92.4 cm³/mol. The van der Waals surface area contributed by atoms with E-state index in [4.69, 9.17) is 4.98 Å². The molecule has 2 saturated heterocycles. The molecule has 4 nitrogen and oxygen atoms in total. The largest absolute Gasteiger partial charge is 0.308 e. The molecule has 2 aliphatic rings. The molecule has 0 bridgehead atoms. The number of hydrogen-bond donors (Lipinski definition) is 0. The molecule has 4 heterocycles. The predicted octanol–water partition coefficient (Wildman–Crippen LogP) is 2.99. The summed E-state index contributed by atoms with van der Waals surface area (Å²) >= 11 is 2.11. The Morgan fingerprint density at radius 1 is 1.36 bits per heavy atom. The smallest absolute Gasteiger partial charge is 0.160 e. The molecule has 2 fully saturated rings. The van der Waals surface area contributed by atoms with E-state index in [1.54, 1.807) is 0 Å². The number of thioether (sulfide) groups is 1. The van der Waals surface area contributed by atoms with Crippen LogP contribution in [0, 0.1) is 5.92 Å². The van der Waals surface area contributed by atoms with Gasteiger partial charge in [-0.15, -0.1) is 0 Å². The maximum atomic E-state index is 4.95. The third kappa shape index (κ3) is 2.76. The average molecular weight is 316 g/mol. The topological polar surface area (TPSA) is 34.0 Å². The van der Waals surface area contributed by atoms with Gasteiger partial charge in [0.1, 0.15) is 11.3 Å². The van der Waals surface area contributed by atoms with Crippen LogP contribution in [0.1, 0.15) is 31.1 Å². The van der Waals surface area contributed by atoms with Crippen molar-refractivity contribution in [2.45, 2.75) is 31.7 Å². The van der Waals surface area contributed by atoms with Gasteiger partial charge in [-0.2, -0.15) is 11.8 Å². The second-order valence-electron chi connectivity index (χ2n) is 6.74.